The Labute approximate surface area is 174 Å². The maximum Gasteiger partial charge on any atom is 0.490 e. The van der Waals surface area contributed by atoms with Gasteiger partial charge in [-0.15, -0.1) is 0 Å². The third kappa shape index (κ3) is 8.33. The Balaban J connectivity index is 0.000000305. The Morgan fingerprint density at radius 1 is 1.03 bits per heavy atom. The van der Waals surface area contributed by atoms with Gasteiger partial charge in [0.1, 0.15) is 11.6 Å². The van der Waals surface area contributed by atoms with Gasteiger partial charge in [0.05, 0.1) is 5.52 Å². The molecule has 32 heavy (non-hydrogen) atoms. The molecule has 0 aliphatic rings. The Bertz CT molecular complexity index is 1060. The third-order valence-electron chi connectivity index (χ3n) is 3.08. The number of H-pyrrole nitrogens is 1. The molecule has 174 valence electrons. The van der Waals surface area contributed by atoms with Crippen molar-refractivity contribution in [2.75, 3.05) is 11.1 Å². The van der Waals surface area contributed by atoms with Gasteiger partial charge >= 0.3 is 24.3 Å². The predicted molar refractivity (Wildman–Crippen MR) is 97.9 cm³/mol. The predicted octanol–water partition coefficient (Wildman–Crippen LogP) is 3.25. The molecule has 6 N–H and O–H groups in total. The Kier molecular flexibility index (Phi) is 8.32. The molecule has 3 rings (SSSR count). The molecule has 0 saturated carbocycles. The van der Waals surface area contributed by atoms with E-state index in [-0.39, 0.29) is 0 Å². The summed E-state index contributed by atoms with van der Waals surface area (Å²) in [7, 11) is 0. The van der Waals surface area contributed by atoms with Gasteiger partial charge in [-0.05, 0) is 19.1 Å². The van der Waals surface area contributed by atoms with Gasteiger partial charge in [0.25, 0.3) is 0 Å². The van der Waals surface area contributed by atoms with Crippen LogP contribution in [0.1, 0.15) is 5.69 Å². The lowest BCUT2D eigenvalue weighted by Gasteiger charge is -2.05. The minimum Gasteiger partial charge on any atom is -0.475 e. The number of hydrogen-bond donors (Lipinski definition) is 5. The quantitative estimate of drug-likeness (QED) is 0.355. The molecule has 0 aromatic carbocycles. The van der Waals surface area contributed by atoms with Crippen molar-refractivity contribution < 1.29 is 46.1 Å². The number of nitrogens with one attached hydrogen (secondary N) is 2. The lowest BCUT2D eigenvalue weighted by atomic mass is 10.2. The first-order valence-corrected chi connectivity index (χ1v) is 8.01. The number of aromatic nitrogens is 4. The molecule has 0 saturated heterocycles. The Hall–Kier alpha value is -4.11. The van der Waals surface area contributed by atoms with Crippen molar-refractivity contribution in [2.45, 2.75) is 19.3 Å². The number of nitrogens with zero attached hydrogens (tertiary/aromatic N) is 3. The largest absolute Gasteiger partial charge is 0.490 e. The lowest BCUT2D eigenvalue weighted by molar-refractivity contribution is -0.193. The van der Waals surface area contributed by atoms with Crippen molar-refractivity contribution in [1.29, 1.82) is 0 Å². The normalized spacial score (nSPS) is 11.0. The van der Waals surface area contributed by atoms with Gasteiger partial charge < -0.3 is 21.3 Å². The van der Waals surface area contributed by atoms with Crippen molar-refractivity contribution in [1.82, 2.24) is 20.2 Å². The molecule has 0 amide bonds. The maximum atomic E-state index is 10.6. The topological polar surface area (TPSA) is 167 Å². The highest BCUT2D eigenvalue weighted by atomic mass is 19.4. The van der Waals surface area contributed by atoms with E-state index in [9.17, 15) is 26.3 Å². The van der Waals surface area contributed by atoms with Crippen LogP contribution >= 0.6 is 0 Å². The number of aliphatic carboxylic acids is 2. The van der Waals surface area contributed by atoms with E-state index >= 15 is 0 Å². The van der Waals surface area contributed by atoms with Gasteiger partial charge in [0.15, 0.2) is 5.82 Å². The lowest BCUT2D eigenvalue weighted by Crippen LogP contribution is -2.21. The number of carboxylic acids is 2. The van der Waals surface area contributed by atoms with Gasteiger partial charge in [0, 0.05) is 29.4 Å². The molecule has 0 radical (unpaired) electrons. The molecular formula is C16H14F6N6O4. The molecule has 0 unspecified atom stereocenters. The molecule has 0 aliphatic heterocycles. The van der Waals surface area contributed by atoms with Gasteiger partial charge in [-0.1, -0.05) is 0 Å². The summed E-state index contributed by atoms with van der Waals surface area (Å²) in [6, 6.07) is 7.47. The van der Waals surface area contributed by atoms with E-state index < -0.39 is 24.3 Å². The van der Waals surface area contributed by atoms with Crippen LogP contribution in [-0.4, -0.2) is 54.7 Å². The number of pyridine rings is 2. The third-order valence-corrected chi connectivity index (χ3v) is 3.08. The number of nitrogen functional groups attached to an aromatic ring is 1. The fraction of sp³-hybridized carbons (Fsp3) is 0.188. The molecule has 10 nitrogen and oxygen atoms in total. The van der Waals surface area contributed by atoms with Crippen LogP contribution in [0.25, 0.3) is 10.9 Å². The molecular weight excluding hydrogens is 454 g/mol. The van der Waals surface area contributed by atoms with Crippen molar-refractivity contribution >= 4 is 40.3 Å². The average molecular weight is 468 g/mol. The number of halogens is 6. The summed E-state index contributed by atoms with van der Waals surface area (Å²) in [4.78, 5) is 26.3. The second-order valence-electron chi connectivity index (χ2n) is 5.63. The average Bonchev–Trinajstić information content (AvgIpc) is 3.06. The van der Waals surface area contributed by atoms with Gasteiger partial charge in [-0.3, -0.25) is 10.1 Å². The molecule has 0 atom stereocenters. The molecule has 3 aromatic heterocycles. The highest BCUT2D eigenvalue weighted by molar-refractivity contribution is 5.90. The van der Waals surface area contributed by atoms with Crippen molar-refractivity contribution in [2.24, 2.45) is 0 Å². The van der Waals surface area contributed by atoms with E-state index in [2.05, 4.69) is 25.5 Å². The minimum absolute atomic E-state index is 0.454. The molecule has 3 aromatic rings. The van der Waals surface area contributed by atoms with Crippen molar-refractivity contribution in [3.63, 3.8) is 0 Å². The van der Waals surface area contributed by atoms with E-state index in [1.54, 1.807) is 6.20 Å². The SMILES string of the molecule is Cc1cc(Nc2cc3ncccc3c(N)n2)n[nH]1.O=C(O)C(F)(F)F.O=C(O)C(F)(F)F. The van der Waals surface area contributed by atoms with Crippen LogP contribution in [-0.2, 0) is 9.59 Å². The molecule has 0 spiro atoms. The van der Waals surface area contributed by atoms with Gasteiger partial charge in [-0.25, -0.2) is 14.6 Å². The van der Waals surface area contributed by atoms with E-state index in [1.807, 2.05) is 31.2 Å². The first-order chi connectivity index (χ1) is 14.6. The summed E-state index contributed by atoms with van der Waals surface area (Å²) >= 11 is 0. The summed E-state index contributed by atoms with van der Waals surface area (Å²) in [5.74, 6) is -3.73. The van der Waals surface area contributed by atoms with E-state index in [0.717, 1.165) is 16.6 Å². The molecule has 0 fully saturated rings. The fourth-order valence-electron chi connectivity index (χ4n) is 1.78. The van der Waals surface area contributed by atoms with E-state index in [1.165, 1.54) is 0 Å². The molecule has 3 heterocycles. The second-order valence-corrected chi connectivity index (χ2v) is 5.63. The monoisotopic (exact) mass is 468 g/mol. The standard InChI is InChI=1S/C12H12N6.2C2HF3O2/c1-7-5-11(18-17-7)15-10-6-9-8(12(13)16-10)3-2-4-14-9;2*3-2(4,5)1(6)7/h2-6H,1H3,(H4,13,15,16,17,18);2*(H,6,7). The Morgan fingerprint density at radius 2 is 1.56 bits per heavy atom. The first-order valence-electron chi connectivity index (χ1n) is 8.01. The van der Waals surface area contributed by atoms with Crippen molar-refractivity contribution in [3.8, 4) is 0 Å². The summed E-state index contributed by atoms with van der Waals surface area (Å²) < 4.78 is 63.5. The minimum atomic E-state index is -5.08. The molecule has 0 bridgehead atoms. The van der Waals surface area contributed by atoms with Crippen LogP contribution < -0.4 is 11.1 Å². The number of nitrogens with two attached hydrogens (primary N) is 1. The van der Waals surface area contributed by atoms with E-state index in [4.69, 9.17) is 25.5 Å². The zero-order valence-corrected chi connectivity index (χ0v) is 15.8. The summed E-state index contributed by atoms with van der Waals surface area (Å²) in [6.45, 7) is 1.93. The van der Waals surface area contributed by atoms with E-state index in [0.29, 0.717) is 17.5 Å². The number of aromatic amines is 1. The highest BCUT2D eigenvalue weighted by Crippen LogP contribution is 2.22. The molecule has 16 heteroatoms. The van der Waals surface area contributed by atoms with Crippen LogP contribution in [0.5, 0.6) is 0 Å². The van der Waals surface area contributed by atoms with Gasteiger partial charge in [-0.2, -0.15) is 31.4 Å². The van der Waals surface area contributed by atoms with Crippen LogP contribution in [0, 0.1) is 6.92 Å². The zero-order valence-electron chi connectivity index (χ0n) is 15.8. The summed E-state index contributed by atoms with van der Waals surface area (Å²) in [6.07, 6.45) is -8.44. The summed E-state index contributed by atoms with van der Waals surface area (Å²) in [5.41, 5.74) is 7.68. The van der Waals surface area contributed by atoms with Crippen LogP contribution in [0.3, 0.4) is 0 Å². The van der Waals surface area contributed by atoms with Gasteiger partial charge in [0.2, 0.25) is 0 Å². The number of aryl methyl sites for hydroxylation is 1. The van der Waals surface area contributed by atoms with Crippen molar-refractivity contribution in [3.05, 3.63) is 36.2 Å². The Morgan fingerprint density at radius 3 is 2.00 bits per heavy atom. The number of hydrogen-bond acceptors (Lipinski definition) is 7. The highest BCUT2D eigenvalue weighted by Gasteiger charge is 2.38. The zero-order chi connectivity index (χ0) is 24.7. The molecule has 0 aliphatic carbocycles. The number of anilines is 3. The fourth-order valence-corrected chi connectivity index (χ4v) is 1.78. The number of fused-ring (bicyclic) bond motifs is 1. The summed E-state index contributed by atoms with van der Waals surface area (Å²) in [5, 5.41) is 25.1. The number of rotatable bonds is 2. The number of carbonyl (C=O) groups is 2. The van der Waals surface area contributed by atoms with Crippen LogP contribution in [0.4, 0.5) is 43.8 Å². The number of carboxylic acid groups (broad SMARTS) is 2. The first kappa shape index (κ1) is 25.9. The van der Waals surface area contributed by atoms with Crippen LogP contribution in [0.15, 0.2) is 30.5 Å². The number of alkyl halides is 6. The van der Waals surface area contributed by atoms with Crippen LogP contribution in [0.2, 0.25) is 0 Å². The smallest absolute Gasteiger partial charge is 0.475 e. The second kappa shape index (κ2) is 10.3. The maximum absolute atomic E-state index is 10.6.